The zero-order valence-electron chi connectivity index (χ0n) is 10.6. The van der Waals surface area contributed by atoms with E-state index in [1.165, 1.54) is 6.92 Å². The van der Waals surface area contributed by atoms with E-state index >= 15 is 0 Å². The van der Waals surface area contributed by atoms with Crippen LogP contribution in [0.3, 0.4) is 0 Å². The molecule has 0 radical (unpaired) electrons. The Balaban J connectivity index is 2.35. The SMILES string of the molecule is CC(=O)OCC1=C(C(=O)O)N2C(=O)[C@H](CS)[C@H]2[S@@](=O)C1. The molecule has 2 heterocycles. The van der Waals surface area contributed by atoms with E-state index in [1.54, 1.807) is 0 Å². The summed E-state index contributed by atoms with van der Waals surface area (Å²) in [4.78, 5) is 35.1. The standard InChI is InChI=1S/C11H13NO6S2/c1-5(13)18-2-6-4-20(17)10-7(3-19)9(14)12(10)8(6)11(15)16/h7,10,19H,2-4H2,1H3,(H,15,16)/t7-,10+,20-/m0/s1. The molecule has 2 aliphatic heterocycles. The van der Waals surface area contributed by atoms with E-state index in [1.807, 2.05) is 0 Å². The second-order valence-corrected chi connectivity index (χ2v) is 6.35. The number of hydrogen-bond donors (Lipinski definition) is 2. The van der Waals surface area contributed by atoms with Gasteiger partial charge in [0.15, 0.2) is 0 Å². The predicted octanol–water partition coefficient (Wildman–Crippen LogP) is -0.635. The lowest BCUT2D eigenvalue weighted by Crippen LogP contribution is -2.66. The number of esters is 1. The van der Waals surface area contributed by atoms with Gasteiger partial charge in [-0.15, -0.1) is 0 Å². The number of aliphatic carboxylic acids is 1. The predicted molar refractivity (Wildman–Crippen MR) is 72.3 cm³/mol. The minimum absolute atomic E-state index is 0.0202. The molecular weight excluding hydrogens is 306 g/mol. The maximum atomic E-state index is 12.1. The largest absolute Gasteiger partial charge is 0.477 e. The third kappa shape index (κ3) is 2.35. The van der Waals surface area contributed by atoms with Crippen molar-refractivity contribution in [1.29, 1.82) is 0 Å². The number of carboxylic acid groups (broad SMARTS) is 1. The average Bonchev–Trinajstić information content (AvgIpc) is 2.36. The molecule has 2 rings (SSSR count). The summed E-state index contributed by atoms with van der Waals surface area (Å²) in [6, 6.07) is 0. The van der Waals surface area contributed by atoms with Crippen LogP contribution in [0.2, 0.25) is 0 Å². The Morgan fingerprint density at radius 1 is 1.55 bits per heavy atom. The molecule has 2 aliphatic rings. The first-order chi connectivity index (χ1) is 9.38. The molecule has 0 aromatic carbocycles. The van der Waals surface area contributed by atoms with Crippen LogP contribution < -0.4 is 0 Å². The molecule has 0 bridgehead atoms. The highest BCUT2D eigenvalue weighted by atomic mass is 32.2. The van der Waals surface area contributed by atoms with E-state index in [2.05, 4.69) is 12.6 Å². The van der Waals surface area contributed by atoms with E-state index in [0.29, 0.717) is 0 Å². The summed E-state index contributed by atoms with van der Waals surface area (Å²) < 4.78 is 16.9. The number of thiol groups is 1. The fourth-order valence-corrected chi connectivity index (χ4v) is 4.54. The van der Waals surface area contributed by atoms with Crippen LogP contribution in [0.25, 0.3) is 0 Å². The Kier molecular flexibility index (Phi) is 4.19. The van der Waals surface area contributed by atoms with E-state index < -0.39 is 39.9 Å². The molecule has 0 unspecified atom stereocenters. The van der Waals surface area contributed by atoms with Crippen LogP contribution in [-0.4, -0.2) is 55.5 Å². The zero-order valence-corrected chi connectivity index (χ0v) is 12.3. The summed E-state index contributed by atoms with van der Waals surface area (Å²) in [6.45, 7) is 0.917. The fourth-order valence-electron chi connectivity index (χ4n) is 2.28. The number of amides is 1. The van der Waals surface area contributed by atoms with Crippen LogP contribution in [0.4, 0.5) is 0 Å². The Morgan fingerprint density at radius 3 is 2.70 bits per heavy atom. The van der Waals surface area contributed by atoms with Gasteiger partial charge in [-0.05, 0) is 0 Å². The summed E-state index contributed by atoms with van der Waals surface area (Å²) in [7, 11) is -1.42. The van der Waals surface area contributed by atoms with E-state index in [0.717, 1.165) is 4.90 Å². The van der Waals surface area contributed by atoms with Crippen molar-refractivity contribution >= 4 is 41.3 Å². The number of carbonyl (C=O) groups is 3. The Morgan fingerprint density at radius 2 is 2.20 bits per heavy atom. The molecule has 110 valence electrons. The fraction of sp³-hybridized carbons (Fsp3) is 0.545. The summed E-state index contributed by atoms with van der Waals surface area (Å²) in [5.41, 5.74) is -0.0351. The molecule has 0 saturated carbocycles. The topological polar surface area (TPSA) is 101 Å². The van der Waals surface area contributed by atoms with Gasteiger partial charge in [0.05, 0.1) is 11.7 Å². The van der Waals surface area contributed by atoms with Crippen LogP contribution in [0.15, 0.2) is 11.3 Å². The van der Waals surface area contributed by atoms with Gasteiger partial charge < -0.3 is 9.84 Å². The second kappa shape index (κ2) is 5.57. The monoisotopic (exact) mass is 319 g/mol. The zero-order chi connectivity index (χ0) is 15.0. The van der Waals surface area contributed by atoms with Gasteiger partial charge in [0.2, 0.25) is 5.91 Å². The third-order valence-corrected chi connectivity index (χ3v) is 5.27. The van der Waals surface area contributed by atoms with Gasteiger partial charge in [-0.2, -0.15) is 12.6 Å². The number of ether oxygens (including phenoxy) is 1. The number of β-lactam (4-membered cyclic amide) rings is 1. The molecule has 3 atom stereocenters. The molecule has 1 fully saturated rings. The molecule has 1 N–H and O–H groups in total. The second-order valence-electron chi connectivity index (χ2n) is 4.45. The van der Waals surface area contributed by atoms with Crippen molar-refractivity contribution in [2.45, 2.75) is 12.3 Å². The van der Waals surface area contributed by atoms with Gasteiger partial charge in [-0.1, -0.05) is 0 Å². The highest BCUT2D eigenvalue weighted by molar-refractivity contribution is 7.86. The van der Waals surface area contributed by atoms with Crippen molar-refractivity contribution in [3.8, 4) is 0 Å². The number of rotatable bonds is 4. The minimum Gasteiger partial charge on any atom is -0.477 e. The molecule has 7 nitrogen and oxygen atoms in total. The van der Waals surface area contributed by atoms with Gasteiger partial charge in [-0.25, -0.2) is 4.79 Å². The summed E-state index contributed by atoms with van der Waals surface area (Å²) in [6.07, 6.45) is 0. The van der Waals surface area contributed by atoms with Crippen molar-refractivity contribution in [2.75, 3.05) is 18.1 Å². The Bertz CT molecular complexity index is 543. The molecule has 20 heavy (non-hydrogen) atoms. The number of carboxylic acids is 1. The van der Waals surface area contributed by atoms with E-state index in [9.17, 15) is 23.7 Å². The van der Waals surface area contributed by atoms with Gasteiger partial charge >= 0.3 is 11.9 Å². The van der Waals surface area contributed by atoms with Crippen LogP contribution in [0.5, 0.6) is 0 Å². The van der Waals surface area contributed by atoms with Crippen LogP contribution in [-0.2, 0) is 29.9 Å². The maximum absolute atomic E-state index is 12.1. The first-order valence-corrected chi connectivity index (χ1v) is 7.79. The van der Waals surface area contributed by atoms with E-state index in [4.69, 9.17) is 4.74 Å². The van der Waals surface area contributed by atoms with Gasteiger partial charge in [0.25, 0.3) is 0 Å². The lowest BCUT2D eigenvalue weighted by Gasteiger charge is -2.48. The first-order valence-electron chi connectivity index (χ1n) is 5.78. The minimum atomic E-state index is -1.42. The summed E-state index contributed by atoms with van der Waals surface area (Å²) in [5.74, 6) is -2.59. The lowest BCUT2D eigenvalue weighted by atomic mass is 9.97. The van der Waals surface area contributed by atoms with Gasteiger partial charge in [0, 0.05) is 29.0 Å². The first kappa shape index (κ1) is 15.0. The van der Waals surface area contributed by atoms with Crippen molar-refractivity contribution in [2.24, 2.45) is 5.92 Å². The maximum Gasteiger partial charge on any atom is 0.352 e. The smallest absolute Gasteiger partial charge is 0.352 e. The van der Waals surface area contributed by atoms with Gasteiger partial charge in [0.1, 0.15) is 17.7 Å². The van der Waals surface area contributed by atoms with Gasteiger partial charge in [-0.3, -0.25) is 18.7 Å². The lowest BCUT2D eigenvalue weighted by molar-refractivity contribution is -0.151. The normalized spacial score (nSPS) is 28.8. The average molecular weight is 319 g/mol. The van der Waals surface area contributed by atoms with Crippen molar-refractivity contribution in [1.82, 2.24) is 4.90 Å². The Hall–Kier alpha value is -1.35. The quantitative estimate of drug-likeness (QED) is 0.406. The number of fused-ring (bicyclic) bond motifs is 1. The Labute approximate surface area is 122 Å². The highest BCUT2D eigenvalue weighted by Gasteiger charge is 2.55. The molecule has 0 aromatic rings. The van der Waals surface area contributed by atoms with Crippen LogP contribution in [0, 0.1) is 5.92 Å². The molecule has 1 amide bonds. The van der Waals surface area contributed by atoms with E-state index in [-0.39, 0.29) is 29.4 Å². The molecule has 1 saturated heterocycles. The molecule has 0 aliphatic carbocycles. The molecule has 9 heteroatoms. The summed E-state index contributed by atoms with van der Waals surface area (Å²) >= 11 is 4.02. The van der Waals surface area contributed by atoms with Crippen LogP contribution >= 0.6 is 12.6 Å². The molecule has 0 aromatic heterocycles. The molecular formula is C11H13NO6S2. The number of carbonyl (C=O) groups excluding carboxylic acids is 2. The van der Waals surface area contributed by atoms with Crippen LogP contribution in [0.1, 0.15) is 6.92 Å². The number of nitrogens with zero attached hydrogens (tertiary/aromatic N) is 1. The van der Waals surface area contributed by atoms with Crippen molar-refractivity contribution in [3.05, 3.63) is 11.3 Å². The third-order valence-electron chi connectivity index (χ3n) is 3.16. The molecule has 0 spiro atoms. The summed E-state index contributed by atoms with van der Waals surface area (Å²) in [5, 5.41) is 8.60. The highest BCUT2D eigenvalue weighted by Crippen LogP contribution is 2.39. The number of hydrogen-bond acceptors (Lipinski definition) is 6. The van der Waals surface area contributed by atoms with Crippen molar-refractivity contribution in [3.63, 3.8) is 0 Å². The van der Waals surface area contributed by atoms with Crippen molar-refractivity contribution < 1.29 is 28.4 Å².